The summed E-state index contributed by atoms with van der Waals surface area (Å²) in [5.74, 6) is 0.206. The second-order valence-corrected chi connectivity index (χ2v) is 5.97. The first-order chi connectivity index (χ1) is 12.5. The van der Waals surface area contributed by atoms with Crippen LogP contribution in [-0.2, 0) is 4.79 Å². The van der Waals surface area contributed by atoms with Crippen molar-refractivity contribution in [3.05, 3.63) is 42.2 Å². The highest BCUT2D eigenvalue weighted by Gasteiger charge is 2.15. The van der Waals surface area contributed by atoms with Gasteiger partial charge in [-0.2, -0.15) is 0 Å². The number of aromatic nitrogens is 2. The molecule has 0 saturated carbocycles. The molecule has 2 amide bonds. The molecule has 26 heavy (non-hydrogen) atoms. The Balaban J connectivity index is 2.07. The lowest BCUT2D eigenvalue weighted by Gasteiger charge is -2.21. The number of anilines is 3. The van der Waals surface area contributed by atoms with E-state index in [2.05, 4.69) is 34.4 Å². The average Bonchev–Trinajstić information content (AvgIpc) is 2.61. The molecular weight excluding hydrogens is 330 g/mol. The standard InChI is InChI=1S/C19H25N5O2/c1-4-9-24(10-5-2)18(26)15-12-20-19(21-13-15)23-17-8-6-7-16(11-17)22-14(3)25/h6-8,11-13H,4-5,9-10H2,1-3H3,(H,22,25)(H,20,21,23). The maximum Gasteiger partial charge on any atom is 0.256 e. The molecule has 2 aromatic rings. The second kappa shape index (κ2) is 9.50. The maximum absolute atomic E-state index is 12.5. The molecule has 7 nitrogen and oxygen atoms in total. The van der Waals surface area contributed by atoms with Gasteiger partial charge in [0.05, 0.1) is 5.56 Å². The summed E-state index contributed by atoms with van der Waals surface area (Å²) >= 11 is 0. The Kier molecular flexibility index (Phi) is 7.08. The number of nitrogens with one attached hydrogen (secondary N) is 2. The highest BCUT2D eigenvalue weighted by Crippen LogP contribution is 2.18. The molecule has 1 heterocycles. The quantitative estimate of drug-likeness (QED) is 0.757. The van der Waals surface area contributed by atoms with E-state index in [0.717, 1.165) is 31.6 Å². The zero-order valence-corrected chi connectivity index (χ0v) is 15.5. The molecule has 2 rings (SSSR count). The van der Waals surface area contributed by atoms with Gasteiger partial charge in [0, 0.05) is 43.8 Å². The minimum absolute atomic E-state index is 0.0482. The van der Waals surface area contributed by atoms with Crippen LogP contribution in [-0.4, -0.2) is 39.8 Å². The summed E-state index contributed by atoms with van der Waals surface area (Å²) in [7, 11) is 0. The zero-order valence-electron chi connectivity index (χ0n) is 15.5. The molecule has 0 radical (unpaired) electrons. The van der Waals surface area contributed by atoms with Crippen molar-refractivity contribution in [1.82, 2.24) is 14.9 Å². The van der Waals surface area contributed by atoms with Crippen LogP contribution >= 0.6 is 0 Å². The molecule has 0 aliphatic heterocycles. The Hall–Kier alpha value is -2.96. The molecule has 0 aliphatic rings. The third-order valence-corrected chi connectivity index (χ3v) is 3.61. The van der Waals surface area contributed by atoms with Crippen molar-refractivity contribution in [2.75, 3.05) is 23.7 Å². The van der Waals surface area contributed by atoms with Crippen LogP contribution in [0.4, 0.5) is 17.3 Å². The summed E-state index contributed by atoms with van der Waals surface area (Å²) in [6.07, 6.45) is 4.90. The van der Waals surface area contributed by atoms with Gasteiger partial charge in [0.2, 0.25) is 11.9 Å². The fourth-order valence-electron chi connectivity index (χ4n) is 2.55. The number of nitrogens with zero attached hydrogens (tertiary/aromatic N) is 3. The lowest BCUT2D eigenvalue weighted by Crippen LogP contribution is -2.32. The molecule has 0 fully saturated rings. The van der Waals surface area contributed by atoms with Gasteiger partial charge in [-0.15, -0.1) is 0 Å². The Morgan fingerprint density at radius 2 is 1.65 bits per heavy atom. The fraction of sp³-hybridized carbons (Fsp3) is 0.368. The zero-order chi connectivity index (χ0) is 18.9. The predicted molar refractivity (Wildman–Crippen MR) is 103 cm³/mol. The van der Waals surface area contributed by atoms with Crippen molar-refractivity contribution < 1.29 is 9.59 Å². The summed E-state index contributed by atoms with van der Waals surface area (Å²) in [4.78, 5) is 34.0. The van der Waals surface area contributed by atoms with Gasteiger partial charge in [-0.25, -0.2) is 9.97 Å². The molecule has 0 spiro atoms. The Bertz CT molecular complexity index is 740. The van der Waals surface area contributed by atoms with Crippen LogP contribution in [0, 0.1) is 0 Å². The highest BCUT2D eigenvalue weighted by molar-refractivity contribution is 5.93. The summed E-state index contributed by atoms with van der Waals surface area (Å²) in [6, 6.07) is 7.25. The van der Waals surface area contributed by atoms with Gasteiger partial charge in [0.1, 0.15) is 0 Å². The number of benzene rings is 1. The summed E-state index contributed by atoms with van der Waals surface area (Å²) < 4.78 is 0. The molecule has 7 heteroatoms. The summed E-state index contributed by atoms with van der Waals surface area (Å²) in [6.45, 7) is 7.01. The van der Waals surface area contributed by atoms with E-state index in [1.807, 2.05) is 17.0 Å². The Morgan fingerprint density at radius 1 is 1.04 bits per heavy atom. The van der Waals surface area contributed by atoms with Gasteiger partial charge in [0.25, 0.3) is 5.91 Å². The highest BCUT2D eigenvalue weighted by atomic mass is 16.2. The van der Waals surface area contributed by atoms with E-state index in [-0.39, 0.29) is 11.8 Å². The van der Waals surface area contributed by atoms with E-state index in [9.17, 15) is 9.59 Å². The monoisotopic (exact) mass is 355 g/mol. The summed E-state index contributed by atoms with van der Waals surface area (Å²) in [5, 5.41) is 5.79. The lowest BCUT2D eigenvalue weighted by atomic mass is 10.2. The number of amides is 2. The van der Waals surface area contributed by atoms with E-state index in [4.69, 9.17) is 0 Å². The first kappa shape index (κ1) is 19.4. The number of hydrogen-bond donors (Lipinski definition) is 2. The minimum atomic E-state index is -0.134. The third kappa shape index (κ3) is 5.54. The topological polar surface area (TPSA) is 87.2 Å². The SMILES string of the molecule is CCCN(CCC)C(=O)c1cnc(Nc2cccc(NC(C)=O)c2)nc1. The van der Waals surface area contributed by atoms with Crippen molar-refractivity contribution in [1.29, 1.82) is 0 Å². The summed E-state index contributed by atoms with van der Waals surface area (Å²) in [5.41, 5.74) is 1.91. The normalized spacial score (nSPS) is 10.3. The van der Waals surface area contributed by atoms with Crippen LogP contribution < -0.4 is 10.6 Å². The third-order valence-electron chi connectivity index (χ3n) is 3.61. The van der Waals surface area contributed by atoms with Crippen molar-refractivity contribution in [2.24, 2.45) is 0 Å². The molecule has 0 bridgehead atoms. The molecule has 2 N–H and O–H groups in total. The van der Waals surface area contributed by atoms with E-state index in [0.29, 0.717) is 17.2 Å². The largest absolute Gasteiger partial charge is 0.339 e. The Labute approximate surface area is 153 Å². The first-order valence-electron chi connectivity index (χ1n) is 8.79. The molecule has 0 aliphatic carbocycles. The van der Waals surface area contributed by atoms with Crippen molar-refractivity contribution >= 4 is 29.1 Å². The van der Waals surface area contributed by atoms with Crippen LogP contribution in [0.25, 0.3) is 0 Å². The van der Waals surface area contributed by atoms with Crippen LogP contribution in [0.5, 0.6) is 0 Å². The maximum atomic E-state index is 12.5. The number of rotatable bonds is 8. The van der Waals surface area contributed by atoms with Crippen LogP contribution in [0.2, 0.25) is 0 Å². The second-order valence-electron chi connectivity index (χ2n) is 5.97. The molecule has 1 aromatic heterocycles. The Morgan fingerprint density at radius 3 is 2.23 bits per heavy atom. The van der Waals surface area contributed by atoms with E-state index in [1.54, 1.807) is 12.1 Å². The molecule has 0 atom stereocenters. The minimum Gasteiger partial charge on any atom is -0.339 e. The van der Waals surface area contributed by atoms with E-state index < -0.39 is 0 Å². The van der Waals surface area contributed by atoms with Gasteiger partial charge >= 0.3 is 0 Å². The van der Waals surface area contributed by atoms with Crippen molar-refractivity contribution in [3.63, 3.8) is 0 Å². The number of carbonyl (C=O) groups is 2. The predicted octanol–water partition coefficient (Wildman–Crippen LogP) is 3.44. The lowest BCUT2D eigenvalue weighted by molar-refractivity contribution is -0.114. The molecule has 0 saturated heterocycles. The van der Waals surface area contributed by atoms with Crippen LogP contribution in [0.15, 0.2) is 36.7 Å². The molecular formula is C19H25N5O2. The van der Waals surface area contributed by atoms with Crippen molar-refractivity contribution in [3.8, 4) is 0 Å². The molecule has 138 valence electrons. The number of hydrogen-bond acceptors (Lipinski definition) is 5. The molecule has 1 aromatic carbocycles. The first-order valence-corrected chi connectivity index (χ1v) is 8.79. The van der Waals surface area contributed by atoms with Gasteiger partial charge < -0.3 is 15.5 Å². The van der Waals surface area contributed by atoms with Crippen LogP contribution in [0.3, 0.4) is 0 Å². The molecule has 0 unspecified atom stereocenters. The smallest absolute Gasteiger partial charge is 0.256 e. The van der Waals surface area contributed by atoms with E-state index in [1.165, 1.54) is 19.3 Å². The van der Waals surface area contributed by atoms with Gasteiger partial charge in [-0.3, -0.25) is 9.59 Å². The van der Waals surface area contributed by atoms with Gasteiger partial charge in [-0.1, -0.05) is 19.9 Å². The van der Waals surface area contributed by atoms with Crippen LogP contribution in [0.1, 0.15) is 44.0 Å². The average molecular weight is 355 g/mol. The number of carbonyl (C=O) groups excluding carboxylic acids is 2. The van der Waals surface area contributed by atoms with Gasteiger partial charge in [-0.05, 0) is 31.0 Å². The fourth-order valence-corrected chi connectivity index (χ4v) is 2.55. The van der Waals surface area contributed by atoms with Gasteiger partial charge in [0.15, 0.2) is 0 Å². The van der Waals surface area contributed by atoms with E-state index >= 15 is 0 Å². The van der Waals surface area contributed by atoms with Crippen molar-refractivity contribution in [2.45, 2.75) is 33.6 Å².